The number of nitrogens with two attached hydrogens (primary N) is 1. The Labute approximate surface area is 139 Å². The molecule has 0 aliphatic carbocycles. The molecule has 0 amide bonds. The van der Waals surface area contributed by atoms with Gasteiger partial charge in [0.15, 0.2) is 0 Å². The number of anilines is 1. The average molecular weight is 318 g/mol. The molecule has 1 rings (SSSR count). The van der Waals surface area contributed by atoms with Crippen molar-refractivity contribution < 1.29 is 14.3 Å². The van der Waals surface area contributed by atoms with Gasteiger partial charge in [0, 0.05) is 11.7 Å². The summed E-state index contributed by atoms with van der Waals surface area (Å²) in [7, 11) is 0.226. The summed E-state index contributed by atoms with van der Waals surface area (Å²) in [6, 6.07) is 5.73. The quantitative estimate of drug-likeness (QED) is 0.330. The molecule has 1 aromatic carbocycles. The summed E-state index contributed by atoms with van der Waals surface area (Å²) < 4.78 is 5.36. The summed E-state index contributed by atoms with van der Waals surface area (Å²) in [6.07, 6.45) is 2.56. The highest BCUT2D eigenvalue weighted by atomic mass is 16.6. The largest absolute Gasteiger partial charge is 0.460 e. The van der Waals surface area contributed by atoms with Crippen molar-refractivity contribution in [1.29, 1.82) is 0 Å². The lowest BCUT2D eigenvalue weighted by atomic mass is 9.92. The van der Waals surface area contributed by atoms with Gasteiger partial charge in [0.05, 0.1) is 12.6 Å². The van der Waals surface area contributed by atoms with Crippen LogP contribution in [0.1, 0.15) is 44.7 Å². The van der Waals surface area contributed by atoms with E-state index in [9.17, 15) is 9.59 Å². The fourth-order valence-corrected chi connectivity index (χ4v) is 2.37. The predicted molar refractivity (Wildman–Crippen MR) is 95.2 cm³/mol. The normalized spacial score (nSPS) is 12.5. The molecule has 1 aromatic rings. The molecule has 0 bridgehead atoms. The Balaban J connectivity index is 2.65. The van der Waals surface area contributed by atoms with Gasteiger partial charge in [-0.3, -0.25) is 4.79 Å². The molecule has 1 atom stereocenters. The van der Waals surface area contributed by atoms with E-state index in [0.717, 1.165) is 30.3 Å². The van der Waals surface area contributed by atoms with Crippen LogP contribution in [0.25, 0.3) is 0 Å². The Hall–Kier alpha value is -1.82. The van der Waals surface area contributed by atoms with E-state index >= 15 is 0 Å². The molecule has 23 heavy (non-hydrogen) atoms. The number of ether oxygens (including phenoxy) is 1. The van der Waals surface area contributed by atoms with Gasteiger partial charge in [-0.25, -0.2) is 0 Å². The Morgan fingerprint density at radius 1 is 1.43 bits per heavy atom. The number of esters is 1. The topological polar surface area (TPSA) is 81.4 Å². The average Bonchev–Trinajstić information content (AvgIpc) is 2.43. The number of rotatable bonds is 8. The highest BCUT2D eigenvalue weighted by molar-refractivity contribution is 6.64. The molecule has 5 nitrogen and oxygen atoms in total. The van der Waals surface area contributed by atoms with Crippen LogP contribution in [0, 0.1) is 6.92 Å². The van der Waals surface area contributed by atoms with Gasteiger partial charge in [-0.2, -0.15) is 0 Å². The van der Waals surface area contributed by atoms with E-state index < -0.39 is 5.60 Å². The van der Waals surface area contributed by atoms with Crippen molar-refractivity contribution in [3.05, 3.63) is 29.3 Å². The molecular weight excluding hydrogens is 291 g/mol. The third-order valence-corrected chi connectivity index (χ3v) is 3.46. The number of hydrogen-bond acceptors (Lipinski definition) is 5. The van der Waals surface area contributed by atoms with Gasteiger partial charge in [0.1, 0.15) is 5.60 Å². The number of hydrogen-bond donors (Lipinski definition) is 2. The highest BCUT2D eigenvalue weighted by Gasteiger charge is 2.20. The summed E-state index contributed by atoms with van der Waals surface area (Å²) in [6.45, 7) is 7.56. The van der Waals surface area contributed by atoms with Crippen LogP contribution in [0.4, 0.5) is 5.69 Å². The minimum Gasteiger partial charge on any atom is -0.460 e. The summed E-state index contributed by atoms with van der Waals surface area (Å²) in [5.74, 6) is -0.259. The lowest BCUT2D eigenvalue weighted by Gasteiger charge is -2.23. The molecule has 0 unspecified atom stereocenters. The number of carbonyl (C=O) groups is 2. The zero-order chi connectivity index (χ0) is 17.5. The first-order chi connectivity index (χ1) is 10.7. The molecule has 0 fully saturated rings. The molecule has 0 radical (unpaired) electrons. The van der Waals surface area contributed by atoms with E-state index in [1.165, 1.54) is 5.56 Å². The molecular formula is C17H27BN2O3. The van der Waals surface area contributed by atoms with Gasteiger partial charge in [-0.1, -0.05) is 6.07 Å². The van der Waals surface area contributed by atoms with Crippen LogP contribution >= 0.6 is 0 Å². The van der Waals surface area contributed by atoms with Crippen molar-refractivity contribution in [3.8, 4) is 0 Å². The zero-order valence-electron chi connectivity index (χ0n) is 14.5. The fourth-order valence-electron chi connectivity index (χ4n) is 2.37. The van der Waals surface area contributed by atoms with Gasteiger partial charge in [-0.15, -0.1) is 0 Å². The summed E-state index contributed by atoms with van der Waals surface area (Å²) >= 11 is 0. The minimum absolute atomic E-state index is 0.101. The predicted octanol–water partition coefficient (Wildman–Crippen LogP) is 1.74. The van der Waals surface area contributed by atoms with Crippen LogP contribution in [0.5, 0.6) is 0 Å². The number of aryl methyl sites for hydroxylation is 2. The molecule has 0 aromatic heterocycles. The van der Waals surface area contributed by atoms with Crippen molar-refractivity contribution >= 4 is 25.3 Å². The second-order valence-corrected chi connectivity index (χ2v) is 6.79. The first-order valence-corrected chi connectivity index (χ1v) is 7.95. The van der Waals surface area contributed by atoms with E-state index in [2.05, 4.69) is 5.23 Å². The second-order valence-electron chi connectivity index (χ2n) is 6.79. The maximum absolute atomic E-state index is 12.0. The maximum atomic E-state index is 12.0. The molecule has 0 heterocycles. The van der Waals surface area contributed by atoms with Gasteiger partial charge < -0.3 is 20.5 Å². The molecule has 126 valence electrons. The number of carbonyl (C=O) groups excluding carboxylic acids is 2. The van der Waals surface area contributed by atoms with Crippen LogP contribution in [-0.4, -0.2) is 31.2 Å². The molecule has 6 heteroatoms. The van der Waals surface area contributed by atoms with E-state index in [-0.39, 0.29) is 25.8 Å². The van der Waals surface area contributed by atoms with E-state index in [1.807, 2.05) is 45.9 Å². The monoisotopic (exact) mass is 318 g/mol. The van der Waals surface area contributed by atoms with Gasteiger partial charge in [0.25, 0.3) is 7.41 Å². The van der Waals surface area contributed by atoms with Crippen molar-refractivity contribution in [2.75, 3.05) is 5.73 Å². The van der Waals surface area contributed by atoms with Gasteiger partial charge in [0.2, 0.25) is 0 Å². The highest BCUT2D eigenvalue weighted by Crippen LogP contribution is 2.17. The van der Waals surface area contributed by atoms with Crippen molar-refractivity contribution in [1.82, 2.24) is 5.23 Å². The van der Waals surface area contributed by atoms with Crippen LogP contribution in [0.2, 0.25) is 0 Å². The van der Waals surface area contributed by atoms with Gasteiger partial charge in [-0.05, 0) is 63.8 Å². The lowest BCUT2D eigenvalue weighted by molar-refractivity contribution is -0.155. The fraction of sp³-hybridized carbons (Fsp3) is 0.529. The van der Waals surface area contributed by atoms with E-state index in [4.69, 9.17) is 10.5 Å². The second kappa shape index (κ2) is 8.72. The third kappa shape index (κ3) is 7.84. The maximum Gasteiger partial charge on any atom is 0.307 e. The van der Waals surface area contributed by atoms with Crippen LogP contribution in [-0.2, 0) is 20.7 Å². The SMILES string of the molecule is Cc1ccc(N)cc1CC[C@H](CC(=O)OC(C)(C)C)NBC=O. The molecule has 0 spiro atoms. The molecule has 0 saturated carbocycles. The van der Waals surface area contributed by atoms with Crippen molar-refractivity contribution in [2.45, 2.75) is 58.6 Å². The van der Waals surface area contributed by atoms with Crippen LogP contribution in [0.15, 0.2) is 18.2 Å². The molecule has 3 N–H and O–H groups in total. The van der Waals surface area contributed by atoms with E-state index in [0.29, 0.717) is 0 Å². The standard InChI is InChI=1S/C17H27BN2O3/c1-12-5-7-14(19)9-13(12)6-8-15(20-18-11-21)10-16(22)23-17(2,3)4/h5,7,9,11,15,18,20H,6,8,10,19H2,1-4H3/t15-/m1/s1. The van der Waals surface area contributed by atoms with Crippen molar-refractivity contribution in [2.24, 2.45) is 0 Å². The first kappa shape index (κ1) is 19.2. The number of nitrogen functional groups attached to an aromatic ring is 1. The minimum atomic E-state index is -0.503. The first-order valence-electron chi connectivity index (χ1n) is 7.95. The van der Waals surface area contributed by atoms with Crippen molar-refractivity contribution in [3.63, 3.8) is 0 Å². The van der Waals surface area contributed by atoms with Crippen LogP contribution < -0.4 is 11.0 Å². The Kier molecular flexibility index (Phi) is 7.29. The molecule has 0 aliphatic heterocycles. The van der Waals surface area contributed by atoms with Gasteiger partial charge >= 0.3 is 5.97 Å². The molecule has 0 aliphatic rings. The lowest BCUT2D eigenvalue weighted by Crippen LogP contribution is -2.37. The smallest absolute Gasteiger partial charge is 0.307 e. The summed E-state index contributed by atoms with van der Waals surface area (Å²) in [4.78, 5) is 22.6. The number of benzene rings is 1. The van der Waals surface area contributed by atoms with E-state index in [1.54, 1.807) is 0 Å². The third-order valence-electron chi connectivity index (χ3n) is 3.46. The summed E-state index contributed by atoms with van der Waals surface area (Å²) in [5.41, 5.74) is 8.39. The Bertz CT molecular complexity index is 541. The zero-order valence-corrected chi connectivity index (χ0v) is 14.5. The summed E-state index contributed by atoms with van der Waals surface area (Å²) in [5, 5.41) is 3.09. The Morgan fingerprint density at radius 3 is 2.74 bits per heavy atom. The number of nitrogens with one attached hydrogen (secondary N) is 1. The Morgan fingerprint density at radius 2 is 2.13 bits per heavy atom. The van der Waals surface area contributed by atoms with Crippen LogP contribution in [0.3, 0.4) is 0 Å². The molecule has 0 saturated heterocycles.